The van der Waals surface area contributed by atoms with Crippen molar-refractivity contribution < 1.29 is 15.0 Å². The number of benzene rings is 3. The van der Waals surface area contributed by atoms with Crippen LogP contribution in [0, 0.1) is 0 Å². The van der Waals surface area contributed by atoms with Crippen LogP contribution < -0.4 is 4.90 Å². The number of hydrogen-bond donors (Lipinski definition) is 2. The van der Waals surface area contributed by atoms with Gasteiger partial charge in [-0.15, -0.1) is 0 Å². The summed E-state index contributed by atoms with van der Waals surface area (Å²) in [5, 5.41) is 22.4. The highest BCUT2D eigenvalue weighted by atomic mass is 16.3. The Kier molecular flexibility index (Phi) is 5.25. The van der Waals surface area contributed by atoms with Gasteiger partial charge in [0.25, 0.3) is 0 Å². The molecular formula is C29H32N2O3. The van der Waals surface area contributed by atoms with E-state index in [0.29, 0.717) is 6.04 Å². The molecule has 34 heavy (non-hydrogen) atoms. The second kappa shape index (κ2) is 8.19. The van der Waals surface area contributed by atoms with Gasteiger partial charge in [0.05, 0.1) is 18.1 Å². The number of piperidine rings is 1. The van der Waals surface area contributed by atoms with Crippen LogP contribution in [0.4, 0.5) is 5.69 Å². The zero-order valence-corrected chi connectivity index (χ0v) is 19.7. The van der Waals surface area contributed by atoms with E-state index in [0.717, 1.165) is 43.6 Å². The zero-order chi connectivity index (χ0) is 23.4. The van der Waals surface area contributed by atoms with E-state index in [1.807, 2.05) is 36.1 Å². The van der Waals surface area contributed by atoms with Crippen molar-refractivity contribution in [3.8, 4) is 0 Å². The molecule has 0 saturated carbocycles. The maximum Gasteiger partial charge on any atom is 0.237 e. The molecule has 3 atom stereocenters. The van der Waals surface area contributed by atoms with Crippen LogP contribution in [0.15, 0.2) is 60.7 Å². The molecule has 0 radical (unpaired) electrons. The molecule has 1 amide bonds. The first-order valence-corrected chi connectivity index (χ1v) is 12.5. The minimum Gasteiger partial charge on any atom is -0.394 e. The van der Waals surface area contributed by atoms with Crippen LogP contribution in [0.2, 0.25) is 0 Å². The summed E-state index contributed by atoms with van der Waals surface area (Å²) in [6.45, 7) is 3.50. The minimum absolute atomic E-state index is 0.0534. The van der Waals surface area contributed by atoms with Gasteiger partial charge in [-0.25, -0.2) is 0 Å². The molecule has 0 bridgehead atoms. The maximum atomic E-state index is 13.8. The second-order valence-electron chi connectivity index (χ2n) is 10.4. The molecule has 1 saturated heterocycles. The van der Waals surface area contributed by atoms with Crippen molar-refractivity contribution in [2.24, 2.45) is 0 Å². The largest absolute Gasteiger partial charge is 0.394 e. The number of fused-ring (bicyclic) bond motifs is 1. The van der Waals surface area contributed by atoms with Crippen molar-refractivity contribution in [1.82, 2.24) is 4.90 Å². The molecule has 2 heterocycles. The molecule has 3 aliphatic rings. The highest BCUT2D eigenvalue weighted by Gasteiger charge is 2.50. The summed E-state index contributed by atoms with van der Waals surface area (Å²) in [4.78, 5) is 18.4. The third-order valence-corrected chi connectivity index (χ3v) is 8.40. The molecular weight excluding hydrogens is 424 g/mol. The Morgan fingerprint density at radius 3 is 2.53 bits per heavy atom. The number of rotatable bonds is 5. The topological polar surface area (TPSA) is 64.0 Å². The summed E-state index contributed by atoms with van der Waals surface area (Å²) >= 11 is 0. The van der Waals surface area contributed by atoms with E-state index >= 15 is 0 Å². The Hall–Kier alpha value is -2.73. The number of aliphatic hydroxyl groups is 2. The summed E-state index contributed by atoms with van der Waals surface area (Å²) in [5.74, 6) is 0.0534. The molecule has 3 unspecified atom stereocenters. The van der Waals surface area contributed by atoms with Gasteiger partial charge in [0.15, 0.2) is 0 Å². The van der Waals surface area contributed by atoms with Crippen LogP contribution in [-0.2, 0) is 16.6 Å². The van der Waals surface area contributed by atoms with Crippen molar-refractivity contribution in [1.29, 1.82) is 0 Å². The van der Waals surface area contributed by atoms with E-state index < -0.39 is 11.5 Å². The van der Waals surface area contributed by atoms with Crippen LogP contribution >= 0.6 is 0 Å². The van der Waals surface area contributed by atoms with Crippen molar-refractivity contribution >= 4 is 22.4 Å². The van der Waals surface area contributed by atoms with Gasteiger partial charge in [0.1, 0.15) is 0 Å². The molecule has 176 valence electrons. The Balaban J connectivity index is 1.23. The average Bonchev–Trinajstić information content (AvgIpc) is 3.34. The number of hydrogen-bond acceptors (Lipinski definition) is 4. The molecule has 0 aromatic heterocycles. The van der Waals surface area contributed by atoms with Crippen LogP contribution in [0.25, 0.3) is 10.8 Å². The van der Waals surface area contributed by atoms with Crippen molar-refractivity contribution in [2.45, 2.75) is 56.2 Å². The standard InChI is InChI=1S/C29H32N2O3/c1-29(17-22(33)18-32)24-10-2-3-11-25(24)31(28(29)34)21-12-14-30(15-13-21)26-16-20-8-4-6-19-7-5-9-23(26)27(19)20/h2-11,21-22,26,32-33H,12-18H2,1H3. The lowest BCUT2D eigenvalue weighted by Gasteiger charge is -2.40. The molecule has 3 aromatic rings. The predicted octanol–water partition coefficient (Wildman–Crippen LogP) is 3.95. The Morgan fingerprint density at radius 2 is 1.76 bits per heavy atom. The molecule has 3 aromatic carbocycles. The number of carbonyl (C=O) groups excluding carboxylic acids is 1. The number of amides is 1. The first-order valence-electron chi connectivity index (χ1n) is 12.5. The van der Waals surface area contributed by atoms with Gasteiger partial charge in [-0.3, -0.25) is 9.69 Å². The predicted molar refractivity (Wildman–Crippen MR) is 134 cm³/mol. The molecule has 2 N–H and O–H groups in total. The third kappa shape index (κ3) is 3.22. The van der Waals surface area contributed by atoms with E-state index in [-0.39, 0.29) is 25.0 Å². The normalized spacial score (nSPS) is 25.8. The fourth-order valence-electron chi connectivity index (χ4n) is 6.73. The van der Waals surface area contributed by atoms with Gasteiger partial charge in [-0.2, -0.15) is 0 Å². The van der Waals surface area contributed by atoms with Gasteiger partial charge in [0, 0.05) is 30.9 Å². The fraction of sp³-hybridized carbons (Fsp3) is 0.414. The smallest absolute Gasteiger partial charge is 0.237 e. The van der Waals surface area contributed by atoms with Gasteiger partial charge >= 0.3 is 0 Å². The molecule has 2 aliphatic heterocycles. The highest BCUT2D eigenvalue weighted by Crippen LogP contribution is 2.47. The van der Waals surface area contributed by atoms with Crippen molar-refractivity contribution in [3.05, 3.63) is 77.4 Å². The van der Waals surface area contributed by atoms with Gasteiger partial charge < -0.3 is 15.1 Å². The van der Waals surface area contributed by atoms with Crippen molar-refractivity contribution in [3.63, 3.8) is 0 Å². The van der Waals surface area contributed by atoms with Crippen LogP contribution in [-0.4, -0.2) is 52.9 Å². The number of nitrogens with zero attached hydrogens (tertiary/aromatic N) is 2. The Bertz CT molecular complexity index is 1240. The summed E-state index contributed by atoms with van der Waals surface area (Å²) < 4.78 is 0. The number of para-hydroxylation sites is 1. The van der Waals surface area contributed by atoms with E-state index in [9.17, 15) is 15.0 Å². The summed E-state index contributed by atoms with van der Waals surface area (Å²) in [6.07, 6.45) is 2.25. The van der Waals surface area contributed by atoms with E-state index in [4.69, 9.17) is 0 Å². The number of aliphatic hydroxyl groups excluding tert-OH is 2. The monoisotopic (exact) mass is 456 g/mol. The van der Waals surface area contributed by atoms with Gasteiger partial charge in [-0.1, -0.05) is 54.6 Å². The Labute approximate surface area is 200 Å². The molecule has 1 aliphatic carbocycles. The molecule has 1 fully saturated rings. The van der Waals surface area contributed by atoms with Crippen LogP contribution in [0.3, 0.4) is 0 Å². The fourth-order valence-corrected chi connectivity index (χ4v) is 6.73. The molecule has 6 rings (SSSR count). The summed E-state index contributed by atoms with van der Waals surface area (Å²) in [6, 6.07) is 21.8. The molecule has 0 spiro atoms. The van der Waals surface area contributed by atoms with E-state index in [1.54, 1.807) is 0 Å². The van der Waals surface area contributed by atoms with E-state index in [1.165, 1.54) is 21.9 Å². The van der Waals surface area contributed by atoms with Gasteiger partial charge in [0.2, 0.25) is 5.91 Å². The maximum absolute atomic E-state index is 13.8. The Morgan fingerprint density at radius 1 is 1.03 bits per heavy atom. The lowest BCUT2D eigenvalue weighted by Crippen LogP contribution is -2.50. The minimum atomic E-state index is -0.907. The second-order valence-corrected chi connectivity index (χ2v) is 10.4. The molecule has 5 heteroatoms. The number of carbonyl (C=O) groups is 1. The van der Waals surface area contributed by atoms with Crippen LogP contribution in [0.5, 0.6) is 0 Å². The summed E-state index contributed by atoms with van der Waals surface area (Å²) in [7, 11) is 0. The highest BCUT2D eigenvalue weighted by molar-refractivity contribution is 6.08. The third-order valence-electron chi connectivity index (χ3n) is 8.40. The SMILES string of the molecule is CC1(CC(O)CO)C(=O)N(C2CCN(C3Cc4cccc5cccc3c45)CC2)c2ccccc21. The van der Waals surface area contributed by atoms with Gasteiger partial charge in [-0.05, 0) is 66.1 Å². The van der Waals surface area contributed by atoms with E-state index in [2.05, 4.69) is 41.3 Å². The zero-order valence-electron chi connectivity index (χ0n) is 19.7. The first-order chi connectivity index (χ1) is 16.5. The average molecular weight is 457 g/mol. The summed E-state index contributed by atoms with van der Waals surface area (Å²) in [5.41, 5.74) is 4.02. The quantitative estimate of drug-likeness (QED) is 0.610. The number of likely N-dealkylation sites (tertiary alicyclic amines) is 1. The lowest BCUT2D eigenvalue weighted by molar-refractivity contribution is -0.124. The number of anilines is 1. The first kappa shape index (κ1) is 21.8. The molecule has 5 nitrogen and oxygen atoms in total. The lowest BCUT2D eigenvalue weighted by atomic mass is 9.79. The van der Waals surface area contributed by atoms with Crippen LogP contribution in [0.1, 0.15) is 48.9 Å². The van der Waals surface area contributed by atoms with Crippen molar-refractivity contribution in [2.75, 3.05) is 24.6 Å².